The van der Waals surface area contributed by atoms with Crippen molar-refractivity contribution < 1.29 is 14.3 Å². The number of carbonyl (C=O) groups excluding carboxylic acids is 1. The number of benzene rings is 3. The zero-order valence-corrected chi connectivity index (χ0v) is 22.1. The molecule has 0 saturated carbocycles. The molecule has 7 heteroatoms. The Bertz CT molecular complexity index is 1420. The fourth-order valence-electron chi connectivity index (χ4n) is 4.42. The van der Waals surface area contributed by atoms with Gasteiger partial charge < -0.3 is 9.47 Å². The molecule has 0 spiro atoms. The van der Waals surface area contributed by atoms with Crippen molar-refractivity contribution in [3.63, 3.8) is 0 Å². The SMILES string of the molecule is CCOC(=O)C(C)(C)Oc1ccc(CCCc2nn(Cc3ccc4ccccc4c3)c(=O)n2CC)cc1. The van der Waals surface area contributed by atoms with E-state index in [2.05, 4.69) is 35.4 Å². The van der Waals surface area contributed by atoms with Gasteiger partial charge in [-0.25, -0.2) is 14.3 Å². The first-order valence-electron chi connectivity index (χ1n) is 12.9. The molecule has 0 fully saturated rings. The summed E-state index contributed by atoms with van der Waals surface area (Å²) in [6, 6.07) is 22.2. The number of esters is 1. The molecule has 4 aromatic rings. The standard InChI is InChI=1S/C30H35N3O4/c1-5-32-27(31-33(29(32)35)21-23-14-17-24-11-7-8-12-25(24)20-23)13-9-10-22-15-18-26(19-16-22)37-30(3,4)28(34)36-6-2/h7-8,11-12,14-20H,5-6,9-10,13,21H2,1-4H3. The van der Waals surface area contributed by atoms with Gasteiger partial charge in [-0.3, -0.25) is 4.57 Å². The molecule has 4 rings (SSSR count). The van der Waals surface area contributed by atoms with Crippen LogP contribution in [0.1, 0.15) is 51.1 Å². The average molecular weight is 502 g/mol. The monoisotopic (exact) mass is 501 g/mol. The highest BCUT2D eigenvalue weighted by Gasteiger charge is 2.31. The Morgan fingerprint density at radius 1 is 0.919 bits per heavy atom. The van der Waals surface area contributed by atoms with Gasteiger partial charge >= 0.3 is 11.7 Å². The fraction of sp³-hybridized carbons (Fsp3) is 0.367. The predicted molar refractivity (Wildman–Crippen MR) is 145 cm³/mol. The number of carbonyl (C=O) groups is 1. The lowest BCUT2D eigenvalue weighted by atomic mass is 10.1. The van der Waals surface area contributed by atoms with Crippen LogP contribution in [0.15, 0.2) is 71.5 Å². The van der Waals surface area contributed by atoms with Crippen LogP contribution < -0.4 is 10.4 Å². The third kappa shape index (κ3) is 6.28. The van der Waals surface area contributed by atoms with E-state index in [0.717, 1.165) is 35.2 Å². The summed E-state index contributed by atoms with van der Waals surface area (Å²) in [7, 11) is 0. The van der Waals surface area contributed by atoms with Gasteiger partial charge in [-0.2, -0.15) is 5.10 Å². The number of nitrogens with zero attached hydrogens (tertiary/aromatic N) is 3. The maximum Gasteiger partial charge on any atom is 0.349 e. The summed E-state index contributed by atoms with van der Waals surface area (Å²) < 4.78 is 14.2. The number of hydrogen-bond donors (Lipinski definition) is 0. The Hall–Kier alpha value is -3.87. The summed E-state index contributed by atoms with van der Waals surface area (Å²) >= 11 is 0. The highest BCUT2D eigenvalue weighted by Crippen LogP contribution is 2.21. The number of hydrogen-bond acceptors (Lipinski definition) is 5. The first-order chi connectivity index (χ1) is 17.8. The fourth-order valence-corrected chi connectivity index (χ4v) is 4.42. The summed E-state index contributed by atoms with van der Waals surface area (Å²) in [5.74, 6) is 1.04. The van der Waals surface area contributed by atoms with Crippen LogP contribution in [0.5, 0.6) is 5.75 Å². The van der Waals surface area contributed by atoms with Crippen LogP contribution in [0.4, 0.5) is 0 Å². The molecule has 0 amide bonds. The normalized spacial score (nSPS) is 11.6. The van der Waals surface area contributed by atoms with Crippen molar-refractivity contribution in [3.05, 3.63) is 94.2 Å². The van der Waals surface area contributed by atoms with Crippen LogP contribution >= 0.6 is 0 Å². The number of rotatable bonds is 11. The van der Waals surface area contributed by atoms with Gasteiger partial charge in [0.2, 0.25) is 0 Å². The second-order valence-corrected chi connectivity index (χ2v) is 9.61. The maximum absolute atomic E-state index is 13.0. The van der Waals surface area contributed by atoms with Crippen molar-refractivity contribution in [3.8, 4) is 5.75 Å². The number of fused-ring (bicyclic) bond motifs is 1. The van der Waals surface area contributed by atoms with Gasteiger partial charge in [0, 0.05) is 13.0 Å². The van der Waals surface area contributed by atoms with Crippen molar-refractivity contribution in [2.24, 2.45) is 0 Å². The summed E-state index contributed by atoms with van der Waals surface area (Å²) in [4.78, 5) is 25.0. The topological polar surface area (TPSA) is 75.3 Å². The number of aryl methyl sites for hydroxylation is 2. The van der Waals surface area contributed by atoms with Gasteiger partial charge in [0.1, 0.15) is 11.6 Å². The van der Waals surface area contributed by atoms with Crippen LogP contribution in [-0.2, 0) is 35.5 Å². The molecule has 7 nitrogen and oxygen atoms in total. The van der Waals surface area contributed by atoms with Crippen molar-refractivity contribution in [2.75, 3.05) is 6.61 Å². The maximum atomic E-state index is 13.0. The first kappa shape index (κ1) is 26.2. The van der Waals surface area contributed by atoms with Crippen LogP contribution in [0, 0.1) is 0 Å². The molecular formula is C30H35N3O4. The minimum atomic E-state index is -1.05. The van der Waals surface area contributed by atoms with E-state index in [-0.39, 0.29) is 11.7 Å². The molecule has 0 radical (unpaired) electrons. The molecule has 0 aliphatic rings. The quantitative estimate of drug-likeness (QED) is 0.265. The largest absolute Gasteiger partial charge is 0.476 e. The van der Waals surface area contributed by atoms with Crippen LogP contribution in [-0.4, -0.2) is 32.5 Å². The molecule has 3 aromatic carbocycles. The summed E-state index contributed by atoms with van der Waals surface area (Å²) in [6.07, 6.45) is 2.42. The van der Waals surface area contributed by atoms with Gasteiger partial charge in [-0.15, -0.1) is 0 Å². The molecule has 0 unspecified atom stereocenters. The van der Waals surface area contributed by atoms with Crippen LogP contribution in [0.3, 0.4) is 0 Å². The molecule has 194 valence electrons. The van der Waals surface area contributed by atoms with E-state index in [1.54, 1.807) is 30.0 Å². The zero-order valence-electron chi connectivity index (χ0n) is 22.1. The molecular weight excluding hydrogens is 466 g/mol. The molecule has 0 bridgehead atoms. The Labute approximate surface area is 217 Å². The predicted octanol–water partition coefficient (Wildman–Crippen LogP) is 5.16. The summed E-state index contributed by atoms with van der Waals surface area (Å²) in [6.45, 7) is 8.51. The van der Waals surface area contributed by atoms with E-state index in [1.165, 1.54) is 5.39 Å². The second-order valence-electron chi connectivity index (χ2n) is 9.61. The molecule has 0 atom stereocenters. The van der Waals surface area contributed by atoms with Gasteiger partial charge in [0.05, 0.1) is 13.2 Å². The van der Waals surface area contributed by atoms with Crippen LogP contribution in [0.25, 0.3) is 10.8 Å². The number of aromatic nitrogens is 3. The highest BCUT2D eigenvalue weighted by molar-refractivity contribution is 5.83. The van der Waals surface area contributed by atoms with Crippen molar-refractivity contribution in [2.45, 2.75) is 65.6 Å². The molecule has 1 aromatic heterocycles. The second kappa shape index (κ2) is 11.5. The van der Waals surface area contributed by atoms with Crippen molar-refractivity contribution in [1.29, 1.82) is 0 Å². The zero-order chi connectivity index (χ0) is 26.4. The number of ether oxygens (including phenoxy) is 2. The molecule has 0 N–H and O–H groups in total. The Kier molecular flexibility index (Phi) is 8.11. The summed E-state index contributed by atoms with van der Waals surface area (Å²) in [5, 5.41) is 7.01. The van der Waals surface area contributed by atoms with Crippen molar-refractivity contribution >= 4 is 16.7 Å². The average Bonchev–Trinajstić information content (AvgIpc) is 3.18. The molecule has 0 aliphatic heterocycles. The van der Waals surface area contributed by atoms with E-state index in [9.17, 15) is 9.59 Å². The Morgan fingerprint density at radius 2 is 1.62 bits per heavy atom. The molecule has 0 aliphatic carbocycles. The highest BCUT2D eigenvalue weighted by atomic mass is 16.6. The smallest absolute Gasteiger partial charge is 0.349 e. The van der Waals surface area contributed by atoms with E-state index in [1.807, 2.05) is 43.3 Å². The van der Waals surface area contributed by atoms with Gasteiger partial charge in [-0.1, -0.05) is 48.5 Å². The minimum absolute atomic E-state index is 0.0728. The summed E-state index contributed by atoms with van der Waals surface area (Å²) in [5.41, 5.74) is 1.09. The lowest BCUT2D eigenvalue weighted by Crippen LogP contribution is -2.39. The van der Waals surface area contributed by atoms with E-state index < -0.39 is 5.60 Å². The van der Waals surface area contributed by atoms with Crippen LogP contribution in [0.2, 0.25) is 0 Å². The van der Waals surface area contributed by atoms with Gasteiger partial charge in [0.25, 0.3) is 0 Å². The Morgan fingerprint density at radius 3 is 2.32 bits per heavy atom. The van der Waals surface area contributed by atoms with Gasteiger partial charge in [-0.05, 0) is 80.6 Å². The third-order valence-electron chi connectivity index (χ3n) is 6.39. The third-order valence-corrected chi connectivity index (χ3v) is 6.39. The van der Waals surface area contributed by atoms with Crippen molar-refractivity contribution in [1.82, 2.24) is 14.3 Å². The van der Waals surface area contributed by atoms with E-state index in [0.29, 0.717) is 31.9 Å². The molecule has 37 heavy (non-hydrogen) atoms. The minimum Gasteiger partial charge on any atom is -0.476 e. The van der Waals surface area contributed by atoms with E-state index >= 15 is 0 Å². The lowest BCUT2D eigenvalue weighted by molar-refractivity contribution is -0.158. The lowest BCUT2D eigenvalue weighted by Gasteiger charge is -2.24. The van der Waals surface area contributed by atoms with E-state index in [4.69, 9.17) is 9.47 Å². The first-order valence-corrected chi connectivity index (χ1v) is 12.9. The molecule has 0 saturated heterocycles. The Balaban J connectivity index is 1.37. The molecule has 1 heterocycles. The van der Waals surface area contributed by atoms with Gasteiger partial charge in [0.15, 0.2) is 5.60 Å².